The first kappa shape index (κ1) is 24.3. The van der Waals surface area contributed by atoms with E-state index < -0.39 is 0 Å². The van der Waals surface area contributed by atoms with Crippen LogP contribution >= 0.6 is 0 Å². The molecule has 10 heteroatoms. The Bertz CT molecular complexity index is 1120. The van der Waals surface area contributed by atoms with Crippen LogP contribution in [0.2, 0.25) is 0 Å². The Labute approximate surface area is 211 Å². The summed E-state index contributed by atoms with van der Waals surface area (Å²) in [6.07, 6.45) is 2.25. The summed E-state index contributed by atoms with van der Waals surface area (Å²) in [5, 5.41) is 12.9. The highest BCUT2D eigenvalue weighted by Gasteiger charge is 2.32. The lowest BCUT2D eigenvalue weighted by atomic mass is 10.0. The van der Waals surface area contributed by atoms with Crippen molar-refractivity contribution in [3.05, 3.63) is 53.9 Å². The molecule has 2 aromatic carbocycles. The zero-order valence-electron chi connectivity index (χ0n) is 21.2. The average Bonchev–Trinajstić information content (AvgIpc) is 3.62. The van der Waals surface area contributed by atoms with Crippen molar-refractivity contribution in [1.82, 2.24) is 25.1 Å². The zero-order chi connectivity index (χ0) is 24.9. The van der Waals surface area contributed by atoms with Gasteiger partial charge in [-0.2, -0.15) is 0 Å². The van der Waals surface area contributed by atoms with Gasteiger partial charge in [-0.05, 0) is 65.2 Å². The molecule has 10 nitrogen and oxygen atoms in total. The Morgan fingerprint density at radius 3 is 2.39 bits per heavy atom. The van der Waals surface area contributed by atoms with Gasteiger partial charge in [-0.15, -0.1) is 5.10 Å². The number of aromatic nitrogens is 4. The summed E-state index contributed by atoms with van der Waals surface area (Å²) < 4.78 is 24.2. The molecule has 2 saturated heterocycles. The van der Waals surface area contributed by atoms with Crippen LogP contribution in [0, 0.1) is 0 Å². The molecular formula is C26H34N6O4. The molecule has 2 aliphatic heterocycles. The van der Waals surface area contributed by atoms with Crippen molar-refractivity contribution in [2.75, 3.05) is 59.0 Å². The number of nitrogens with zero attached hydrogens (tertiary/aromatic N) is 6. The molecule has 3 aromatic rings. The number of rotatable bonds is 9. The van der Waals surface area contributed by atoms with Gasteiger partial charge in [0.1, 0.15) is 5.75 Å². The third kappa shape index (κ3) is 5.10. The number of methoxy groups -OCH3 is 3. The predicted molar refractivity (Wildman–Crippen MR) is 135 cm³/mol. The van der Waals surface area contributed by atoms with Crippen LogP contribution in [0.25, 0.3) is 0 Å². The number of hydrogen-bond acceptors (Lipinski definition) is 9. The van der Waals surface area contributed by atoms with Crippen LogP contribution in [-0.4, -0.2) is 85.3 Å². The molecule has 2 atom stereocenters. The summed E-state index contributed by atoms with van der Waals surface area (Å²) in [7, 11) is 5.00. The maximum atomic E-state index is 5.88. The highest BCUT2D eigenvalue weighted by molar-refractivity contribution is 5.50. The second kappa shape index (κ2) is 11.1. The number of piperazine rings is 1. The average molecular weight is 495 g/mol. The van der Waals surface area contributed by atoms with Gasteiger partial charge in [-0.1, -0.05) is 6.07 Å². The molecule has 0 bridgehead atoms. The van der Waals surface area contributed by atoms with Gasteiger partial charge >= 0.3 is 0 Å². The van der Waals surface area contributed by atoms with E-state index in [1.165, 1.54) is 5.69 Å². The molecule has 0 N–H and O–H groups in total. The molecule has 2 aliphatic rings. The lowest BCUT2D eigenvalue weighted by molar-refractivity contribution is 0.0906. The van der Waals surface area contributed by atoms with E-state index in [9.17, 15) is 0 Å². The van der Waals surface area contributed by atoms with Crippen LogP contribution < -0.4 is 19.1 Å². The van der Waals surface area contributed by atoms with E-state index in [1.54, 1.807) is 21.3 Å². The van der Waals surface area contributed by atoms with Crippen molar-refractivity contribution in [3.63, 3.8) is 0 Å². The van der Waals surface area contributed by atoms with Gasteiger partial charge in [0.2, 0.25) is 0 Å². The van der Waals surface area contributed by atoms with Crippen LogP contribution in [0.1, 0.15) is 30.3 Å². The van der Waals surface area contributed by atoms with E-state index in [0.717, 1.165) is 62.8 Å². The van der Waals surface area contributed by atoms with Gasteiger partial charge < -0.3 is 23.8 Å². The SMILES string of the molecule is COc1ccc(N2CCN(C(c3ccc(OC)c(OC)c3)c3nnnn3CC3CCCO3)CC2)cc1. The molecule has 5 rings (SSSR count). The summed E-state index contributed by atoms with van der Waals surface area (Å²) >= 11 is 0. The second-order valence-electron chi connectivity index (χ2n) is 9.09. The van der Waals surface area contributed by atoms with Gasteiger partial charge in [0.15, 0.2) is 17.3 Å². The first-order valence-electron chi connectivity index (χ1n) is 12.4. The van der Waals surface area contributed by atoms with E-state index in [-0.39, 0.29) is 12.1 Å². The first-order valence-corrected chi connectivity index (χ1v) is 12.4. The van der Waals surface area contributed by atoms with E-state index >= 15 is 0 Å². The quantitative estimate of drug-likeness (QED) is 0.446. The minimum absolute atomic E-state index is 0.126. The number of ether oxygens (including phenoxy) is 4. The lowest BCUT2D eigenvalue weighted by Gasteiger charge is -2.40. The fourth-order valence-corrected chi connectivity index (χ4v) is 5.10. The van der Waals surface area contributed by atoms with E-state index in [2.05, 4.69) is 43.5 Å². The molecular weight excluding hydrogens is 460 g/mol. The molecule has 0 radical (unpaired) electrons. The first-order chi connectivity index (χ1) is 17.7. The third-order valence-electron chi connectivity index (χ3n) is 7.05. The summed E-state index contributed by atoms with van der Waals surface area (Å²) in [4.78, 5) is 4.84. The zero-order valence-corrected chi connectivity index (χ0v) is 21.2. The molecule has 0 amide bonds. The van der Waals surface area contributed by atoms with Crippen molar-refractivity contribution in [3.8, 4) is 17.2 Å². The second-order valence-corrected chi connectivity index (χ2v) is 9.09. The summed E-state index contributed by atoms with van der Waals surface area (Å²) in [5.74, 6) is 3.07. The molecule has 36 heavy (non-hydrogen) atoms. The maximum absolute atomic E-state index is 5.88. The van der Waals surface area contributed by atoms with Crippen LogP contribution in [0.4, 0.5) is 5.69 Å². The molecule has 0 spiro atoms. The number of hydrogen-bond donors (Lipinski definition) is 0. The molecule has 3 heterocycles. The highest BCUT2D eigenvalue weighted by Crippen LogP contribution is 2.35. The van der Waals surface area contributed by atoms with Crippen LogP contribution in [0.3, 0.4) is 0 Å². The van der Waals surface area contributed by atoms with Crippen molar-refractivity contribution in [2.24, 2.45) is 0 Å². The van der Waals surface area contributed by atoms with E-state index in [4.69, 9.17) is 18.9 Å². The molecule has 1 aromatic heterocycles. The van der Waals surface area contributed by atoms with Crippen LogP contribution in [0.5, 0.6) is 17.2 Å². The molecule has 0 saturated carbocycles. The Morgan fingerprint density at radius 2 is 1.72 bits per heavy atom. The standard InChI is InChI=1S/C26H34N6O4/c1-33-21-9-7-20(8-10-21)30-12-14-31(15-13-30)25(19-6-11-23(34-2)24(17-19)35-3)26-27-28-29-32(26)18-22-5-4-16-36-22/h6-11,17,22,25H,4-5,12-16,18H2,1-3H3. The highest BCUT2D eigenvalue weighted by atomic mass is 16.5. The number of tetrazole rings is 1. The molecule has 0 aliphatic carbocycles. The third-order valence-corrected chi connectivity index (χ3v) is 7.05. The Balaban J connectivity index is 1.42. The van der Waals surface area contributed by atoms with Gasteiger partial charge in [0.25, 0.3) is 0 Å². The van der Waals surface area contributed by atoms with Gasteiger partial charge in [-0.25, -0.2) is 4.68 Å². The minimum Gasteiger partial charge on any atom is -0.497 e. The van der Waals surface area contributed by atoms with E-state index in [1.807, 2.05) is 28.9 Å². The van der Waals surface area contributed by atoms with Crippen molar-refractivity contribution in [2.45, 2.75) is 31.5 Å². The van der Waals surface area contributed by atoms with Gasteiger partial charge in [-0.3, -0.25) is 4.90 Å². The lowest BCUT2D eigenvalue weighted by Crippen LogP contribution is -2.48. The van der Waals surface area contributed by atoms with Crippen molar-refractivity contribution in [1.29, 1.82) is 0 Å². The van der Waals surface area contributed by atoms with Crippen LogP contribution in [-0.2, 0) is 11.3 Å². The monoisotopic (exact) mass is 494 g/mol. The summed E-state index contributed by atoms with van der Waals surface area (Å²) in [5.41, 5.74) is 2.26. The fraction of sp³-hybridized carbons (Fsp3) is 0.500. The van der Waals surface area contributed by atoms with Gasteiger partial charge in [0, 0.05) is 38.5 Å². The Hall–Kier alpha value is -3.37. The topological polar surface area (TPSA) is 87.0 Å². The Kier molecular flexibility index (Phi) is 7.52. The minimum atomic E-state index is -0.126. The molecule has 2 unspecified atom stereocenters. The van der Waals surface area contributed by atoms with Crippen LogP contribution in [0.15, 0.2) is 42.5 Å². The number of benzene rings is 2. The van der Waals surface area contributed by atoms with E-state index in [0.29, 0.717) is 18.0 Å². The smallest absolute Gasteiger partial charge is 0.173 e. The largest absolute Gasteiger partial charge is 0.497 e. The van der Waals surface area contributed by atoms with Crippen molar-refractivity contribution >= 4 is 5.69 Å². The Morgan fingerprint density at radius 1 is 0.944 bits per heavy atom. The number of anilines is 1. The summed E-state index contributed by atoms with van der Waals surface area (Å²) in [6.45, 7) is 4.95. The predicted octanol–water partition coefficient (Wildman–Crippen LogP) is 2.79. The molecule has 192 valence electrons. The van der Waals surface area contributed by atoms with Crippen molar-refractivity contribution < 1.29 is 18.9 Å². The molecule has 2 fully saturated rings. The summed E-state index contributed by atoms with van der Waals surface area (Å²) in [6, 6.07) is 14.2. The van der Waals surface area contributed by atoms with Gasteiger partial charge in [0.05, 0.1) is 40.0 Å². The maximum Gasteiger partial charge on any atom is 0.173 e. The normalized spacial score (nSPS) is 19.3. The fourth-order valence-electron chi connectivity index (χ4n) is 5.10.